The van der Waals surface area contributed by atoms with Gasteiger partial charge in [0.15, 0.2) is 0 Å². The number of nitrogens with one attached hydrogen (secondary N) is 1. The Hall–Kier alpha value is -0.130. The third-order valence-corrected chi connectivity index (χ3v) is 2.87. The minimum atomic E-state index is -2.87. The van der Waals surface area contributed by atoms with Gasteiger partial charge in [-0.25, -0.2) is 8.42 Å². The highest BCUT2D eigenvalue weighted by molar-refractivity contribution is 7.90. The molecule has 0 radical (unpaired) electrons. The van der Waals surface area contributed by atoms with Crippen LogP contribution in [0.2, 0.25) is 0 Å². The summed E-state index contributed by atoms with van der Waals surface area (Å²) < 4.78 is 22.0. The maximum atomic E-state index is 11.0. The molecule has 0 amide bonds. The van der Waals surface area contributed by atoms with E-state index in [-0.39, 0.29) is 11.8 Å². The highest BCUT2D eigenvalue weighted by atomic mass is 32.2. The average Bonchev–Trinajstić information content (AvgIpc) is 1.77. The molecule has 0 aromatic rings. The smallest absolute Gasteiger partial charge is 0.148 e. The van der Waals surface area contributed by atoms with E-state index in [2.05, 4.69) is 17.1 Å². The molecule has 0 aromatic heterocycles. The first kappa shape index (κ1) is 13.9. The molecule has 0 saturated carbocycles. The van der Waals surface area contributed by atoms with Crippen LogP contribution in [-0.4, -0.2) is 58.1 Å². The van der Waals surface area contributed by atoms with Crippen molar-refractivity contribution >= 4 is 9.84 Å². The molecule has 0 heterocycles. The summed E-state index contributed by atoms with van der Waals surface area (Å²) >= 11 is 0. The van der Waals surface area contributed by atoms with Gasteiger partial charge in [-0.1, -0.05) is 0 Å². The van der Waals surface area contributed by atoms with Crippen molar-refractivity contribution < 1.29 is 8.42 Å². The summed E-state index contributed by atoms with van der Waals surface area (Å²) in [6.07, 6.45) is 1.27. The van der Waals surface area contributed by atoms with Crippen LogP contribution in [0.25, 0.3) is 0 Å². The number of rotatable bonds is 6. The van der Waals surface area contributed by atoms with E-state index in [1.54, 1.807) is 0 Å². The standard InChI is InChI=1S/C9H22N2O2S/c1-8(6-11(3)4)10-9(2)7-14(5,12)13/h8-10H,6-7H2,1-5H3. The highest BCUT2D eigenvalue weighted by Gasteiger charge is 2.12. The van der Waals surface area contributed by atoms with Crippen molar-refractivity contribution in [1.29, 1.82) is 0 Å². The SMILES string of the molecule is CC(CN(C)C)NC(C)CS(C)(=O)=O. The molecule has 0 aliphatic rings. The first-order chi connectivity index (χ1) is 6.20. The second kappa shape index (κ2) is 5.68. The molecular weight excluding hydrogens is 200 g/mol. The van der Waals surface area contributed by atoms with E-state index in [0.717, 1.165) is 6.54 Å². The fourth-order valence-electron chi connectivity index (χ4n) is 1.59. The second-order valence-electron chi connectivity index (χ2n) is 4.32. The predicted molar refractivity (Wildman–Crippen MR) is 60.3 cm³/mol. The van der Waals surface area contributed by atoms with Gasteiger partial charge in [-0.05, 0) is 27.9 Å². The van der Waals surface area contributed by atoms with Gasteiger partial charge < -0.3 is 10.2 Å². The maximum absolute atomic E-state index is 11.0. The Bertz CT molecular complexity index is 250. The zero-order chi connectivity index (χ0) is 11.4. The van der Waals surface area contributed by atoms with Gasteiger partial charge in [0.25, 0.3) is 0 Å². The zero-order valence-electron chi connectivity index (χ0n) is 9.74. The van der Waals surface area contributed by atoms with Gasteiger partial charge in [0.2, 0.25) is 0 Å². The zero-order valence-corrected chi connectivity index (χ0v) is 10.6. The van der Waals surface area contributed by atoms with Gasteiger partial charge in [-0.3, -0.25) is 0 Å². The normalized spacial score (nSPS) is 17.0. The Labute approximate surface area is 87.6 Å². The van der Waals surface area contributed by atoms with Crippen LogP contribution in [0.1, 0.15) is 13.8 Å². The van der Waals surface area contributed by atoms with Gasteiger partial charge in [-0.2, -0.15) is 0 Å². The van der Waals surface area contributed by atoms with E-state index in [0.29, 0.717) is 6.04 Å². The largest absolute Gasteiger partial charge is 0.309 e. The fraction of sp³-hybridized carbons (Fsp3) is 1.00. The molecule has 0 saturated heterocycles. The topological polar surface area (TPSA) is 49.4 Å². The van der Waals surface area contributed by atoms with Crippen LogP contribution >= 0.6 is 0 Å². The molecule has 0 aliphatic heterocycles. The third kappa shape index (κ3) is 8.47. The van der Waals surface area contributed by atoms with E-state index < -0.39 is 9.84 Å². The molecule has 2 unspecified atom stereocenters. The molecule has 0 rings (SSSR count). The lowest BCUT2D eigenvalue weighted by Crippen LogP contribution is -2.43. The van der Waals surface area contributed by atoms with Gasteiger partial charge in [0, 0.05) is 24.9 Å². The molecule has 0 aliphatic carbocycles. The summed E-state index contributed by atoms with van der Waals surface area (Å²) in [7, 11) is 1.13. The van der Waals surface area contributed by atoms with E-state index in [4.69, 9.17) is 0 Å². The van der Waals surface area contributed by atoms with Crippen molar-refractivity contribution in [2.24, 2.45) is 0 Å². The molecule has 86 valence electrons. The lowest BCUT2D eigenvalue weighted by Gasteiger charge is -2.22. The summed E-state index contributed by atoms with van der Waals surface area (Å²) in [5.41, 5.74) is 0. The van der Waals surface area contributed by atoms with Crippen molar-refractivity contribution in [2.75, 3.05) is 32.6 Å². The summed E-state index contributed by atoms with van der Waals surface area (Å²) in [5.74, 6) is 0.199. The van der Waals surface area contributed by atoms with Crippen molar-refractivity contribution in [1.82, 2.24) is 10.2 Å². The molecule has 2 atom stereocenters. The number of likely N-dealkylation sites (N-methyl/N-ethyl adjacent to an activating group) is 1. The number of hydrogen-bond donors (Lipinski definition) is 1. The van der Waals surface area contributed by atoms with Crippen LogP contribution in [0, 0.1) is 0 Å². The molecule has 0 spiro atoms. The average molecular weight is 222 g/mol. The molecule has 0 bridgehead atoms. The van der Waals surface area contributed by atoms with Crippen LogP contribution in [0.5, 0.6) is 0 Å². The lowest BCUT2D eigenvalue weighted by atomic mass is 10.2. The lowest BCUT2D eigenvalue weighted by molar-refractivity contribution is 0.338. The van der Waals surface area contributed by atoms with Crippen LogP contribution in [0.3, 0.4) is 0 Å². The van der Waals surface area contributed by atoms with Crippen molar-refractivity contribution in [3.05, 3.63) is 0 Å². The molecule has 5 heteroatoms. The van der Waals surface area contributed by atoms with Gasteiger partial charge in [0.1, 0.15) is 9.84 Å². The first-order valence-corrected chi connectivity index (χ1v) is 6.85. The first-order valence-electron chi connectivity index (χ1n) is 4.79. The Morgan fingerprint density at radius 1 is 1.21 bits per heavy atom. The maximum Gasteiger partial charge on any atom is 0.148 e. The summed E-state index contributed by atoms with van der Waals surface area (Å²) in [6.45, 7) is 4.86. The molecule has 4 nitrogen and oxygen atoms in total. The van der Waals surface area contributed by atoms with Gasteiger partial charge >= 0.3 is 0 Å². The van der Waals surface area contributed by atoms with Crippen molar-refractivity contribution in [3.63, 3.8) is 0 Å². The van der Waals surface area contributed by atoms with Crippen LogP contribution < -0.4 is 5.32 Å². The van der Waals surface area contributed by atoms with Crippen molar-refractivity contribution in [3.8, 4) is 0 Å². The second-order valence-corrected chi connectivity index (χ2v) is 6.51. The highest BCUT2D eigenvalue weighted by Crippen LogP contribution is 1.93. The molecular formula is C9H22N2O2S. The minimum Gasteiger partial charge on any atom is -0.309 e. The Morgan fingerprint density at radius 3 is 2.07 bits per heavy atom. The van der Waals surface area contributed by atoms with E-state index in [9.17, 15) is 8.42 Å². The van der Waals surface area contributed by atoms with E-state index >= 15 is 0 Å². The van der Waals surface area contributed by atoms with E-state index in [1.165, 1.54) is 6.26 Å². The van der Waals surface area contributed by atoms with Crippen LogP contribution in [0.15, 0.2) is 0 Å². The summed E-state index contributed by atoms with van der Waals surface area (Å²) in [5, 5.41) is 3.25. The minimum absolute atomic E-state index is 0.0138. The van der Waals surface area contributed by atoms with Crippen molar-refractivity contribution in [2.45, 2.75) is 25.9 Å². The predicted octanol–water partition coefficient (Wildman–Crippen LogP) is -0.0408. The number of hydrogen-bond acceptors (Lipinski definition) is 4. The Morgan fingerprint density at radius 2 is 1.71 bits per heavy atom. The monoisotopic (exact) mass is 222 g/mol. The molecule has 14 heavy (non-hydrogen) atoms. The quantitative estimate of drug-likeness (QED) is 0.685. The number of sulfone groups is 1. The van der Waals surface area contributed by atoms with Crippen LogP contribution in [0.4, 0.5) is 0 Å². The summed E-state index contributed by atoms with van der Waals surface area (Å²) in [6, 6.07) is 0.321. The Balaban J connectivity index is 3.88. The molecule has 1 N–H and O–H groups in total. The summed E-state index contributed by atoms with van der Waals surface area (Å²) in [4.78, 5) is 2.07. The van der Waals surface area contributed by atoms with E-state index in [1.807, 2.05) is 21.0 Å². The fourth-order valence-corrected chi connectivity index (χ4v) is 2.59. The Kier molecular flexibility index (Phi) is 5.63. The van der Waals surface area contributed by atoms with Gasteiger partial charge in [-0.15, -0.1) is 0 Å². The number of nitrogens with zero attached hydrogens (tertiary/aromatic N) is 1. The molecule has 0 fully saturated rings. The third-order valence-electron chi connectivity index (χ3n) is 1.76. The molecule has 0 aromatic carbocycles. The van der Waals surface area contributed by atoms with Crippen LogP contribution in [-0.2, 0) is 9.84 Å². The van der Waals surface area contributed by atoms with Gasteiger partial charge in [0.05, 0.1) is 5.75 Å².